The predicted molar refractivity (Wildman–Crippen MR) is 301 cm³/mol. The highest BCUT2D eigenvalue weighted by molar-refractivity contribution is 5.03. The molecule has 0 aromatic rings. The van der Waals surface area contributed by atoms with Crippen molar-refractivity contribution in [2.24, 2.45) is 130 Å². The SMILES string of the molecule is C.C.C.C.C1C2CC3CC1CC(C2)C3.CC.CC.CC.CC.CC(C)C.CC(C)C12CC3CC(CC(C3)C1)C2.CC(C)C1C2CC3CC(C2)CC1C3.CC(C)C1C2CC3CC(C2)CC1C3. The normalized spacial score (nSPS) is 41.8. The smallest absolute Gasteiger partial charge is 0.0267 e. The summed E-state index contributed by atoms with van der Waals surface area (Å²) in [6, 6.07) is 0. The third-order valence-corrected chi connectivity index (χ3v) is 19.4. The Kier molecular flexibility index (Phi) is 30.7. The standard InChI is InChI=1S/3C13H22.C10H16.C4H10.4C2H6.4CH4/c1-9(2)13-6-10-3-11(7-13)5-12(4-10)8-13;2*1-8(2)13-11-4-9-3-10(6-11)7-12(13)5-9;1-7-2-9-4-8(1)5-10(3-7)6-9;1-4(2)3;4*1-2;;;;/h9-12H,3-8H2,1-2H3;2*8-13H,3-7H2,1-2H3;7-10H,1-6H2;4H,1-3H3;4*1-2H3;4*1H4. The van der Waals surface area contributed by atoms with Crippen molar-refractivity contribution >= 4 is 0 Å². The van der Waals surface area contributed by atoms with Gasteiger partial charge in [0, 0.05) is 0 Å². The van der Waals surface area contributed by atoms with Crippen molar-refractivity contribution in [3.63, 3.8) is 0 Å². The zero-order valence-electron chi connectivity index (χ0n) is 45.2. The van der Waals surface area contributed by atoms with Crippen LogP contribution in [-0.4, -0.2) is 0 Å². The average molecular weight is 914 g/mol. The molecule has 16 aliphatic carbocycles. The summed E-state index contributed by atoms with van der Waals surface area (Å²) in [4.78, 5) is 0. The van der Waals surface area contributed by atoms with Crippen LogP contribution in [0.15, 0.2) is 0 Å². The van der Waals surface area contributed by atoms with Crippen molar-refractivity contribution in [3.8, 4) is 0 Å². The minimum atomic E-state index is 0. The molecule has 0 saturated heterocycles. The van der Waals surface area contributed by atoms with Crippen LogP contribution in [0.1, 0.15) is 289 Å². The van der Waals surface area contributed by atoms with Gasteiger partial charge in [0.25, 0.3) is 0 Å². The fourth-order valence-electron chi connectivity index (χ4n) is 19.0. The second-order valence-electron chi connectivity index (χ2n) is 25.5. The quantitative estimate of drug-likeness (QED) is 0.265. The van der Waals surface area contributed by atoms with Gasteiger partial charge in [-0.1, -0.05) is 147 Å². The molecule has 16 rings (SSSR count). The van der Waals surface area contributed by atoms with Gasteiger partial charge < -0.3 is 0 Å². The van der Waals surface area contributed by atoms with Crippen molar-refractivity contribution in [3.05, 3.63) is 0 Å². The van der Waals surface area contributed by atoms with Gasteiger partial charge in [0.1, 0.15) is 0 Å². The highest BCUT2D eigenvalue weighted by Crippen LogP contribution is 2.63. The molecular weight excluding hydrogens is 781 g/mol. The highest BCUT2D eigenvalue weighted by Gasteiger charge is 2.53. The van der Waals surface area contributed by atoms with Gasteiger partial charge in [-0.2, -0.15) is 0 Å². The summed E-state index contributed by atoms with van der Waals surface area (Å²) >= 11 is 0. The van der Waals surface area contributed by atoms with E-state index in [9.17, 15) is 0 Å². The zero-order valence-corrected chi connectivity index (χ0v) is 45.2. The van der Waals surface area contributed by atoms with Crippen LogP contribution in [0.2, 0.25) is 0 Å². The van der Waals surface area contributed by atoms with Crippen LogP contribution < -0.4 is 0 Å². The van der Waals surface area contributed by atoms with E-state index in [-0.39, 0.29) is 29.7 Å². The molecule has 0 nitrogen and oxygen atoms in total. The molecule has 0 aromatic carbocycles. The summed E-state index contributed by atoms with van der Waals surface area (Å²) in [7, 11) is 0. The van der Waals surface area contributed by atoms with Gasteiger partial charge in [0.2, 0.25) is 0 Å². The molecule has 65 heavy (non-hydrogen) atoms. The Bertz CT molecular complexity index is 970. The first-order chi connectivity index (χ1) is 29.3. The van der Waals surface area contributed by atoms with Crippen molar-refractivity contribution < 1.29 is 0 Å². The summed E-state index contributed by atoms with van der Waals surface area (Å²) in [5.41, 5.74) is 0.800. The van der Waals surface area contributed by atoms with E-state index in [4.69, 9.17) is 0 Å². The third kappa shape index (κ3) is 16.8. The maximum atomic E-state index is 2.47. The average Bonchev–Trinajstić information content (AvgIpc) is 3.20. The molecule has 16 fully saturated rings. The fourth-order valence-corrected chi connectivity index (χ4v) is 19.0. The van der Waals surface area contributed by atoms with E-state index in [1.54, 1.807) is 141 Å². The van der Waals surface area contributed by atoms with E-state index in [0.717, 1.165) is 106 Å². The molecule has 0 atom stereocenters. The van der Waals surface area contributed by atoms with E-state index in [2.05, 4.69) is 62.3 Å². The van der Waals surface area contributed by atoms with E-state index in [1.807, 2.05) is 55.4 Å². The minimum Gasteiger partial charge on any atom is -0.0776 e. The zero-order chi connectivity index (χ0) is 45.2. The lowest BCUT2D eigenvalue weighted by atomic mass is 9.47. The lowest BCUT2D eigenvalue weighted by molar-refractivity contribution is -0.0789. The summed E-state index contributed by atoms with van der Waals surface area (Å²) in [5.74, 6) is 23.1. The first-order valence-electron chi connectivity index (χ1n) is 29.3. The number of hydrogen-bond donors (Lipinski definition) is 0. The highest BCUT2D eigenvalue weighted by atomic mass is 14.6. The fraction of sp³-hybridized carbons (Fsp3) is 1.00. The monoisotopic (exact) mass is 913 g/mol. The van der Waals surface area contributed by atoms with Gasteiger partial charge in [-0.05, 0) is 271 Å². The van der Waals surface area contributed by atoms with Gasteiger partial charge >= 0.3 is 0 Å². The van der Waals surface area contributed by atoms with Gasteiger partial charge in [-0.15, -0.1) is 0 Å². The van der Waals surface area contributed by atoms with Crippen LogP contribution in [0.4, 0.5) is 0 Å². The van der Waals surface area contributed by atoms with E-state index >= 15 is 0 Å². The lowest BCUT2D eigenvalue weighted by Crippen LogP contribution is -2.48. The molecule has 0 heteroatoms. The summed E-state index contributed by atoms with van der Waals surface area (Å²) in [5, 5.41) is 0. The topological polar surface area (TPSA) is 0 Å². The van der Waals surface area contributed by atoms with Crippen LogP contribution in [0, 0.1) is 130 Å². The Hall–Kier alpha value is 0. The first kappa shape index (κ1) is 65.0. The maximum Gasteiger partial charge on any atom is -0.0267 e. The molecule has 0 heterocycles. The summed E-state index contributed by atoms with van der Waals surface area (Å²) in [6.45, 7) is 37.2. The molecule has 0 aromatic heterocycles. The molecule has 0 spiro atoms. The predicted octanol–water partition coefficient (Wildman–Crippen LogP) is 22.4. The van der Waals surface area contributed by atoms with Crippen molar-refractivity contribution in [2.75, 3.05) is 0 Å². The molecule has 0 unspecified atom stereocenters. The molecule has 16 saturated carbocycles. The molecule has 0 N–H and O–H groups in total. The van der Waals surface area contributed by atoms with Crippen molar-refractivity contribution in [1.82, 2.24) is 0 Å². The van der Waals surface area contributed by atoms with E-state index in [1.165, 1.54) is 23.7 Å². The Labute approximate surface area is 416 Å². The van der Waals surface area contributed by atoms with Gasteiger partial charge in [0.05, 0.1) is 0 Å². The van der Waals surface area contributed by atoms with Crippen LogP contribution in [0.25, 0.3) is 0 Å². The van der Waals surface area contributed by atoms with Crippen LogP contribution >= 0.6 is 0 Å². The Morgan fingerprint density at radius 1 is 0.262 bits per heavy atom. The molecular formula is C65H132. The number of hydrogen-bond acceptors (Lipinski definition) is 0. The molecule has 0 aliphatic heterocycles. The third-order valence-electron chi connectivity index (χ3n) is 19.4. The molecule has 392 valence electrons. The second-order valence-corrected chi connectivity index (χ2v) is 25.5. The lowest BCUT2D eigenvalue weighted by Gasteiger charge is -2.58. The Balaban J connectivity index is 0.000000766. The second kappa shape index (κ2) is 30.7. The Morgan fingerprint density at radius 2 is 0.415 bits per heavy atom. The minimum absolute atomic E-state index is 0. The van der Waals surface area contributed by atoms with E-state index < -0.39 is 0 Å². The van der Waals surface area contributed by atoms with Crippen molar-refractivity contribution in [1.29, 1.82) is 0 Å². The molecule has 16 aliphatic rings. The summed E-state index contributed by atoms with van der Waals surface area (Å²) < 4.78 is 0. The largest absolute Gasteiger partial charge is 0.0776 e. The maximum absolute atomic E-state index is 2.47. The molecule has 16 bridgehead atoms. The first-order valence-corrected chi connectivity index (χ1v) is 29.3. The van der Waals surface area contributed by atoms with E-state index in [0.29, 0.717) is 0 Å². The molecule has 0 amide bonds. The van der Waals surface area contributed by atoms with Crippen molar-refractivity contribution in [2.45, 2.75) is 289 Å². The number of rotatable bonds is 3. The van der Waals surface area contributed by atoms with Gasteiger partial charge in [-0.25, -0.2) is 0 Å². The summed E-state index contributed by atoms with van der Waals surface area (Å²) in [6.07, 6.45) is 35.1. The van der Waals surface area contributed by atoms with Gasteiger partial charge in [-0.3, -0.25) is 0 Å². The molecule has 0 radical (unpaired) electrons. The Morgan fingerprint density at radius 3 is 0.569 bits per heavy atom. The van der Waals surface area contributed by atoms with Crippen LogP contribution in [0.3, 0.4) is 0 Å². The van der Waals surface area contributed by atoms with Gasteiger partial charge in [0.15, 0.2) is 0 Å². The van der Waals surface area contributed by atoms with Crippen LogP contribution in [0.5, 0.6) is 0 Å². The van der Waals surface area contributed by atoms with Crippen LogP contribution in [-0.2, 0) is 0 Å².